The molecule has 2 aromatic rings. The highest BCUT2D eigenvalue weighted by Crippen LogP contribution is 2.28. The van der Waals surface area contributed by atoms with Gasteiger partial charge in [0.25, 0.3) is 0 Å². The average molecular weight is 302 g/mol. The van der Waals surface area contributed by atoms with E-state index in [4.69, 9.17) is 9.84 Å². The van der Waals surface area contributed by atoms with Crippen LogP contribution in [0.3, 0.4) is 0 Å². The van der Waals surface area contributed by atoms with Crippen LogP contribution in [0.15, 0.2) is 48.5 Å². The molecule has 116 valence electrons. The number of carboxylic acid groups (broad SMARTS) is 1. The Morgan fingerprint density at radius 2 is 1.95 bits per heavy atom. The summed E-state index contributed by atoms with van der Waals surface area (Å²) in [5, 5.41) is 8.94. The molecule has 0 bridgehead atoms. The summed E-state index contributed by atoms with van der Waals surface area (Å²) in [6.45, 7) is 2.24. The zero-order valence-electron chi connectivity index (χ0n) is 12.5. The van der Waals surface area contributed by atoms with Crippen LogP contribution in [0.25, 0.3) is 0 Å². The van der Waals surface area contributed by atoms with Gasteiger partial charge in [0.2, 0.25) is 0 Å². The maximum atomic E-state index is 13.8. The van der Waals surface area contributed by atoms with Crippen LogP contribution in [0, 0.1) is 5.82 Å². The van der Waals surface area contributed by atoms with E-state index in [1.54, 1.807) is 6.07 Å². The van der Waals surface area contributed by atoms with Gasteiger partial charge in [0, 0.05) is 6.07 Å². The van der Waals surface area contributed by atoms with Gasteiger partial charge in [0.15, 0.2) is 0 Å². The first-order chi connectivity index (χ1) is 10.6. The van der Waals surface area contributed by atoms with Crippen molar-refractivity contribution in [1.29, 1.82) is 0 Å². The monoisotopic (exact) mass is 302 g/mol. The standard InChI is InChI=1S/C18H19FO3/c1-2-14(10-18(20)21)15-8-16(19)11-17(9-15)22-12-13-6-4-3-5-7-13/h3-9,11,14H,2,10,12H2,1H3,(H,20,21)/t14-/m0/s1. The Morgan fingerprint density at radius 1 is 1.23 bits per heavy atom. The first-order valence-electron chi connectivity index (χ1n) is 7.27. The van der Waals surface area contributed by atoms with Crippen molar-refractivity contribution < 1.29 is 19.0 Å². The Kier molecular flexibility index (Phi) is 5.53. The minimum Gasteiger partial charge on any atom is -0.489 e. The summed E-state index contributed by atoms with van der Waals surface area (Å²) in [4.78, 5) is 10.9. The smallest absolute Gasteiger partial charge is 0.303 e. The van der Waals surface area contributed by atoms with Crippen molar-refractivity contribution in [1.82, 2.24) is 0 Å². The molecule has 0 unspecified atom stereocenters. The average Bonchev–Trinajstić information content (AvgIpc) is 2.51. The van der Waals surface area contributed by atoms with Crippen LogP contribution in [0.5, 0.6) is 5.75 Å². The first kappa shape index (κ1) is 16.0. The lowest BCUT2D eigenvalue weighted by Gasteiger charge is -2.15. The van der Waals surface area contributed by atoms with Gasteiger partial charge in [-0.25, -0.2) is 4.39 Å². The van der Waals surface area contributed by atoms with Crippen molar-refractivity contribution in [3.63, 3.8) is 0 Å². The van der Waals surface area contributed by atoms with Crippen LogP contribution in [0.4, 0.5) is 4.39 Å². The van der Waals surface area contributed by atoms with E-state index < -0.39 is 11.8 Å². The normalized spacial score (nSPS) is 11.9. The van der Waals surface area contributed by atoms with Crippen LogP contribution in [0.2, 0.25) is 0 Å². The third-order valence-corrected chi connectivity index (χ3v) is 3.53. The van der Waals surface area contributed by atoms with Crippen molar-refractivity contribution in [3.8, 4) is 5.75 Å². The Labute approximate surface area is 129 Å². The van der Waals surface area contributed by atoms with E-state index in [1.165, 1.54) is 12.1 Å². The summed E-state index contributed by atoms with van der Waals surface area (Å²) >= 11 is 0. The van der Waals surface area contributed by atoms with Crippen LogP contribution in [-0.2, 0) is 11.4 Å². The van der Waals surface area contributed by atoms with Crippen LogP contribution in [0.1, 0.15) is 36.8 Å². The molecule has 0 saturated heterocycles. The maximum Gasteiger partial charge on any atom is 0.303 e. The Hall–Kier alpha value is -2.36. The van der Waals surface area contributed by atoms with Gasteiger partial charge < -0.3 is 9.84 Å². The summed E-state index contributed by atoms with van der Waals surface area (Å²) < 4.78 is 19.4. The van der Waals surface area contributed by atoms with E-state index in [9.17, 15) is 9.18 Å². The number of halogens is 1. The molecule has 0 aliphatic carbocycles. The molecule has 0 fully saturated rings. The van der Waals surface area contributed by atoms with Gasteiger partial charge in [-0.1, -0.05) is 37.3 Å². The second kappa shape index (κ2) is 7.59. The van der Waals surface area contributed by atoms with Crippen molar-refractivity contribution in [2.24, 2.45) is 0 Å². The molecule has 0 radical (unpaired) electrons. The maximum absolute atomic E-state index is 13.8. The third-order valence-electron chi connectivity index (χ3n) is 3.53. The summed E-state index contributed by atoms with van der Waals surface area (Å²) in [6, 6.07) is 14.0. The lowest BCUT2D eigenvalue weighted by atomic mass is 9.93. The molecule has 0 amide bonds. The third kappa shape index (κ3) is 4.58. The number of aliphatic carboxylic acids is 1. The van der Waals surface area contributed by atoms with E-state index in [1.807, 2.05) is 37.3 Å². The zero-order chi connectivity index (χ0) is 15.9. The summed E-state index contributed by atoms with van der Waals surface area (Å²) in [6.07, 6.45) is 0.617. The van der Waals surface area contributed by atoms with Crippen LogP contribution < -0.4 is 4.74 Å². The second-order valence-corrected chi connectivity index (χ2v) is 5.20. The van der Waals surface area contributed by atoms with Crippen molar-refractivity contribution in [2.75, 3.05) is 0 Å². The highest BCUT2D eigenvalue weighted by Gasteiger charge is 2.15. The van der Waals surface area contributed by atoms with Crippen molar-refractivity contribution >= 4 is 5.97 Å². The predicted molar refractivity (Wildman–Crippen MR) is 82.5 cm³/mol. The van der Waals surface area contributed by atoms with E-state index in [2.05, 4.69) is 0 Å². The zero-order valence-corrected chi connectivity index (χ0v) is 12.5. The molecule has 3 nitrogen and oxygen atoms in total. The Bertz CT molecular complexity index is 625. The molecular formula is C18H19FO3. The van der Waals surface area contributed by atoms with Gasteiger partial charge in [-0.3, -0.25) is 4.79 Å². The van der Waals surface area contributed by atoms with Crippen molar-refractivity contribution in [2.45, 2.75) is 32.3 Å². The minimum atomic E-state index is -0.886. The highest BCUT2D eigenvalue weighted by atomic mass is 19.1. The molecule has 0 aliphatic rings. The van der Waals surface area contributed by atoms with Gasteiger partial charge in [0.05, 0.1) is 6.42 Å². The Balaban J connectivity index is 2.13. The fourth-order valence-electron chi connectivity index (χ4n) is 2.35. The largest absolute Gasteiger partial charge is 0.489 e. The van der Waals surface area contributed by atoms with Gasteiger partial charge >= 0.3 is 5.97 Å². The van der Waals surface area contributed by atoms with E-state index >= 15 is 0 Å². The molecular weight excluding hydrogens is 283 g/mol. The number of ether oxygens (including phenoxy) is 1. The number of benzene rings is 2. The first-order valence-corrected chi connectivity index (χ1v) is 7.27. The fourth-order valence-corrected chi connectivity index (χ4v) is 2.35. The second-order valence-electron chi connectivity index (χ2n) is 5.20. The molecule has 22 heavy (non-hydrogen) atoms. The van der Waals surface area contributed by atoms with E-state index in [-0.39, 0.29) is 12.3 Å². The van der Waals surface area contributed by atoms with Gasteiger partial charge in [0.1, 0.15) is 18.2 Å². The van der Waals surface area contributed by atoms with E-state index in [0.29, 0.717) is 24.3 Å². The number of rotatable bonds is 7. The lowest BCUT2D eigenvalue weighted by molar-refractivity contribution is -0.137. The summed E-state index contributed by atoms with van der Waals surface area (Å²) in [5.41, 5.74) is 1.65. The number of hydrogen-bond donors (Lipinski definition) is 1. The molecule has 0 saturated carbocycles. The summed E-state index contributed by atoms with van der Waals surface area (Å²) in [5.74, 6) is -1.10. The SMILES string of the molecule is CC[C@@H](CC(=O)O)c1cc(F)cc(OCc2ccccc2)c1. The molecule has 2 rings (SSSR count). The van der Waals surface area contributed by atoms with Gasteiger partial charge in [-0.05, 0) is 35.6 Å². The molecule has 1 N–H and O–H groups in total. The molecule has 0 spiro atoms. The predicted octanol–water partition coefficient (Wildman–Crippen LogP) is 4.37. The van der Waals surface area contributed by atoms with Crippen LogP contribution in [-0.4, -0.2) is 11.1 Å². The van der Waals surface area contributed by atoms with Gasteiger partial charge in [-0.2, -0.15) is 0 Å². The van der Waals surface area contributed by atoms with Crippen molar-refractivity contribution in [3.05, 3.63) is 65.5 Å². The van der Waals surface area contributed by atoms with Gasteiger partial charge in [-0.15, -0.1) is 0 Å². The Morgan fingerprint density at radius 3 is 2.59 bits per heavy atom. The minimum absolute atomic E-state index is 0.0158. The number of carboxylic acids is 1. The molecule has 0 aliphatic heterocycles. The van der Waals surface area contributed by atoms with Crippen LogP contribution >= 0.6 is 0 Å². The molecule has 0 heterocycles. The number of carbonyl (C=O) groups is 1. The quantitative estimate of drug-likeness (QED) is 0.826. The highest BCUT2D eigenvalue weighted by molar-refractivity contribution is 5.68. The fraction of sp³-hybridized carbons (Fsp3) is 0.278. The summed E-state index contributed by atoms with van der Waals surface area (Å²) in [7, 11) is 0. The molecule has 4 heteroatoms. The topological polar surface area (TPSA) is 46.5 Å². The van der Waals surface area contributed by atoms with E-state index in [0.717, 1.165) is 5.56 Å². The lowest BCUT2D eigenvalue weighted by Crippen LogP contribution is -2.06. The molecule has 1 atom stereocenters. The molecule has 2 aromatic carbocycles. The number of hydrogen-bond acceptors (Lipinski definition) is 2. The molecule has 0 aromatic heterocycles.